The lowest BCUT2D eigenvalue weighted by Gasteiger charge is -2.47. The van der Waals surface area contributed by atoms with E-state index in [4.69, 9.17) is 0 Å². The smallest absolute Gasteiger partial charge is 0.289 e. The van der Waals surface area contributed by atoms with Crippen LogP contribution in [-0.4, -0.2) is 62.7 Å². The molecule has 1 N–H and O–H groups in total. The maximum atomic E-state index is 12.5. The molecule has 2 aromatic rings. The second kappa shape index (κ2) is 7.50. The van der Waals surface area contributed by atoms with E-state index in [0.717, 1.165) is 51.0 Å². The summed E-state index contributed by atoms with van der Waals surface area (Å²) in [6.07, 6.45) is 9.25. The number of nitrogens with zero attached hydrogens (tertiary/aromatic N) is 4. The Morgan fingerprint density at radius 3 is 2.70 bits per heavy atom. The van der Waals surface area contributed by atoms with Crippen LogP contribution in [0.3, 0.4) is 0 Å². The van der Waals surface area contributed by atoms with Crippen molar-refractivity contribution in [3.05, 3.63) is 48.3 Å². The summed E-state index contributed by atoms with van der Waals surface area (Å²) < 4.78 is 0. The predicted octanol–water partition coefficient (Wildman–Crippen LogP) is 1.89. The first-order chi connectivity index (χ1) is 13.2. The maximum absolute atomic E-state index is 12.5. The van der Waals surface area contributed by atoms with Gasteiger partial charge < -0.3 is 14.8 Å². The van der Waals surface area contributed by atoms with Crippen molar-refractivity contribution >= 4 is 11.8 Å². The van der Waals surface area contributed by atoms with Crippen LogP contribution in [0, 0.1) is 5.41 Å². The van der Waals surface area contributed by atoms with Crippen molar-refractivity contribution in [2.24, 2.45) is 5.41 Å². The van der Waals surface area contributed by atoms with E-state index in [1.54, 1.807) is 18.6 Å². The highest BCUT2D eigenvalue weighted by Crippen LogP contribution is 2.40. The summed E-state index contributed by atoms with van der Waals surface area (Å²) in [5, 5.41) is 0. The number of imidazole rings is 1. The fourth-order valence-electron chi connectivity index (χ4n) is 4.23. The number of amides is 2. The number of carbonyl (C=O) groups is 2. The van der Waals surface area contributed by atoms with Gasteiger partial charge in [-0.15, -0.1) is 0 Å². The normalized spacial score (nSPS) is 19.5. The fourth-order valence-corrected chi connectivity index (χ4v) is 4.23. The van der Waals surface area contributed by atoms with Crippen molar-refractivity contribution in [1.82, 2.24) is 24.8 Å². The zero-order valence-corrected chi connectivity index (χ0v) is 15.4. The number of carbonyl (C=O) groups excluding carboxylic acids is 2. The average molecular weight is 367 g/mol. The van der Waals surface area contributed by atoms with Gasteiger partial charge in [-0.2, -0.15) is 0 Å². The third-order valence-electron chi connectivity index (χ3n) is 5.92. The minimum absolute atomic E-state index is 0.0336. The molecule has 7 nitrogen and oxygen atoms in total. The molecule has 0 aromatic carbocycles. The quantitative estimate of drug-likeness (QED) is 0.895. The molecule has 0 atom stereocenters. The molecule has 2 amide bonds. The molecule has 2 aromatic heterocycles. The highest BCUT2D eigenvalue weighted by atomic mass is 16.2. The predicted molar refractivity (Wildman–Crippen MR) is 99.9 cm³/mol. The van der Waals surface area contributed by atoms with E-state index in [1.807, 2.05) is 28.0 Å². The van der Waals surface area contributed by atoms with Gasteiger partial charge in [-0.3, -0.25) is 14.6 Å². The Morgan fingerprint density at radius 1 is 1.15 bits per heavy atom. The lowest BCUT2D eigenvalue weighted by Crippen LogP contribution is -2.52. The van der Waals surface area contributed by atoms with E-state index in [1.165, 1.54) is 0 Å². The van der Waals surface area contributed by atoms with Crippen molar-refractivity contribution in [2.75, 3.05) is 26.2 Å². The van der Waals surface area contributed by atoms with Crippen LogP contribution in [0.4, 0.5) is 0 Å². The van der Waals surface area contributed by atoms with Gasteiger partial charge in [0, 0.05) is 63.3 Å². The number of rotatable bonds is 4. The van der Waals surface area contributed by atoms with E-state index in [-0.39, 0.29) is 17.2 Å². The first-order valence-corrected chi connectivity index (χ1v) is 9.62. The van der Waals surface area contributed by atoms with Crippen LogP contribution in [0.1, 0.15) is 42.0 Å². The van der Waals surface area contributed by atoms with Gasteiger partial charge in [-0.25, -0.2) is 4.98 Å². The van der Waals surface area contributed by atoms with Crippen molar-refractivity contribution in [2.45, 2.75) is 32.1 Å². The molecular formula is C20H25N5O2. The molecule has 2 aliphatic heterocycles. The standard InChI is InChI=1S/C20H25N5O2/c26-17-4-6-20(15-25(17)12-5-16-3-1-2-9-21-16)7-13-24(14-8-20)19(27)18-22-10-11-23-18/h1-3,9-11H,4-8,12-15H2,(H,22,23). The van der Waals surface area contributed by atoms with E-state index in [2.05, 4.69) is 15.0 Å². The maximum Gasteiger partial charge on any atom is 0.289 e. The van der Waals surface area contributed by atoms with Gasteiger partial charge in [0.2, 0.25) is 5.91 Å². The monoisotopic (exact) mass is 367 g/mol. The van der Waals surface area contributed by atoms with Crippen LogP contribution in [-0.2, 0) is 11.2 Å². The summed E-state index contributed by atoms with van der Waals surface area (Å²) in [6.45, 7) is 2.96. The van der Waals surface area contributed by atoms with Gasteiger partial charge in [0.25, 0.3) is 5.91 Å². The summed E-state index contributed by atoms with van der Waals surface area (Å²) in [4.78, 5) is 40.1. The Kier molecular flexibility index (Phi) is 4.92. The molecule has 2 fully saturated rings. The Balaban J connectivity index is 1.35. The number of aromatic amines is 1. The topological polar surface area (TPSA) is 82.2 Å². The highest BCUT2D eigenvalue weighted by molar-refractivity contribution is 5.90. The van der Waals surface area contributed by atoms with Crippen LogP contribution in [0.5, 0.6) is 0 Å². The first-order valence-electron chi connectivity index (χ1n) is 9.62. The molecule has 0 saturated carbocycles. The number of nitrogens with one attached hydrogen (secondary N) is 1. The Morgan fingerprint density at radius 2 is 2.00 bits per heavy atom. The molecule has 142 valence electrons. The van der Waals surface area contributed by atoms with E-state index in [0.29, 0.717) is 18.8 Å². The van der Waals surface area contributed by atoms with Crippen molar-refractivity contribution in [1.29, 1.82) is 0 Å². The molecule has 0 radical (unpaired) electrons. The summed E-state index contributed by atoms with van der Waals surface area (Å²) in [7, 11) is 0. The summed E-state index contributed by atoms with van der Waals surface area (Å²) in [5.41, 5.74) is 1.15. The number of H-pyrrole nitrogens is 1. The third-order valence-corrected chi connectivity index (χ3v) is 5.92. The minimum Gasteiger partial charge on any atom is -0.342 e. The number of likely N-dealkylation sites (tertiary alicyclic amines) is 2. The van der Waals surface area contributed by atoms with Gasteiger partial charge in [-0.1, -0.05) is 6.07 Å². The van der Waals surface area contributed by atoms with E-state index < -0.39 is 0 Å². The molecule has 0 aliphatic carbocycles. The van der Waals surface area contributed by atoms with Gasteiger partial charge in [0.1, 0.15) is 0 Å². The average Bonchev–Trinajstić information content (AvgIpc) is 3.25. The zero-order chi connectivity index (χ0) is 18.7. The molecule has 0 unspecified atom stereocenters. The Labute approximate surface area is 158 Å². The minimum atomic E-state index is -0.0336. The molecule has 1 spiro atoms. The summed E-state index contributed by atoms with van der Waals surface area (Å²) >= 11 is 0. The number of pyridine rings is 1. The number of hydrogen-bond acceptors (Lipinski definition) is 4. The van der Waals surface area contributed by atoms with Crippen molar-refractivity contribution in [3.8, 4) is 0 Å². The van der Waals surface area contributed by atoms with Gasteiger partial charge >= 0.3 is 0 Å². The fraction of sp³-hybridized carbons (Fsp3) is 0.500. The molecule has 7 heteroatoms. The second-order valence-electron chi connectivity index (χ2n) is 7.62. The van der Waals surface area contributed by atoms with Crippen molar-refractivity contribution in [3.63, 3.8) is 0 Å². The molecule has 4 heterocycles. The van der Waals surface area contributed by atoms with Crippen molar-refractivity contribution < 1.29 is 9.59 Å². The molecule has 27 heavy (non-hydrogen) atoms. The van der Waals surface area contributed by atoms with Crippen LogP contribution in [0.15, 0.2) is 36.8 Å². The molecule has 2 aliphatic rings. The van der Waals surface area contributed by atoms with Crippen LogP contribution >= 0.6 is 0 Å². The lowest BCUT2D eigenvalue weighted by atomic mass is 9.72. The summed E-state index contributed by atoms with van der Waals surface area (Å²) in [5.74, 6) is 0.612. The number of hydrogen-bond donors (Lipinski definition) is 1. The van der Waals surface area contributed by atoms with Gasteiger partial charge in [0.15, 0.2) is 5.82 Å². The van der Waals surface area contributed by atoms with Crippen LogP contribution in [0.2, 0.25) is 0 Å². The highest BCUT2D eigenvalue weighted by Gasteiger charge is 2.41. The third kappa shape index (κ3) is 3.86. The van der Waals surface area contributed by atoms with Crippen LogP contribution in [0.25, 0.3) is 0 Å². The Hall–Kier alpha value is -2.70. The van der Waals surface area contributed by atoms with Gasteiger partial charge in [-0.05, 0) is 36.8 Å². The van der Waals surface area contributed by atoms with Crippen LogP contribution < -0.4 is 0 Å². The SMILES string of the molecule is O=C1CCC2(CCN(C(=O)c3ncc[nH]3)CC2)CN1CCc1ccccn1. The Bertz CT molecular complexity index is 782. The lowest BCUT2D eigenvalue weighted by molar-refractivity contribution is -0.138. The number of aromatic nitrogens is 3. The summed E-state index contributed by atoms with van der Waals surface area (Å²) in [6, 6.07) is 5.89. The molecular weight excluding hydrogens is 342 g/mol. The molecule has 0 bridgehead atoms. The molecule has 4 rings (SSSR count). The largest absolute Gasteiger partial charge is 0.342 e. The zero-order valence-electron chi connectivity index (χ0n) is 15.4. The van der Waals surface area contributed by atoms with E-state index >= 15 is 0 Å². The molecule has 2 saturated heterocycles. The van der Waals surface area contributed by atoms with E-state index in [9.17, 15) is 9.59 Å². The first kappa shape index (κ1) is 17.7. The number of piperidine rings is 2. The van der Waals surface area contributed by atoms with Gasteiger partial charge in [0.05, 0.1) is 0 Å². The second-order valence-corrected chi connectivity index (χ2v) is 7.62.